The predicted molar refractivity (Wildman–Crippen MR) is 120 cm³/mol. The van der Waals surface area contributed by atoms with Gasteiger partial charge in [-0.15, -0.1) is 12.6 Å². The van der Waals surface area contributed by atoms with Crippen molar-refractivity contribution >= 4 is 36.1 Å². The molecule has 4 nitrogen and oxygen atoms in total. The van der Waals surface area contributed by atoms with E-state index in [9.17, 15) is 4.79 Å². The summed E-state index contributed by atoms with van der Waals surface area (Å²) in [7, 11) is 0. The van der Waals surface area contributed by atoms with Crippen LogP contribution in [0, 0.1) is 0 Å². The van der Waals surface area contributed by atoms with Crippen LogP contribution in [-0.4, -0.2) is 29.7 Å². The molecular formula is C23H27N3OS. The molecule has 1 aliphatic heterocycles. The van der Waals surface area contributed by atoms with E-state index < -0.39 is 0 Å². The van der Waals surface area contributed by atoms with E-state index >= 15 is 0 Å². The third-order valence-electron chi connectivity index (χ3n) is 4.72. The maximum Gasteiger partial charge on any atom is 0.250 e. The first kappa shape index (κ1) is 20.2. The number of rotatable bonds is 6. The third kappa shape index (κ3) is 4.65. The highest BCUT2D eigenvalue weighted by molar-refractivity contribution is 7.80. The van der Waals surface area contributed by atoms with Gasteiger partial charge in [0.25, 0.3) is 0 Å². The number of carbonyl (C=O) groups is 1. The van der Waals surface area contributed by atoms with E-state index in [2.05, 4.69) is 31.5 Å². The first-order valence-electron chi connectivity index (χ1n) is 9.78. The van der Waals surface area contributed by atoms with Crippen LogP contribution in [0.5, 0.6) is 0 Å². The molecule has 0 saturated carbocycles. The van der Waals surface area contributed by atoms with Gasteiger partial charge in [-0.1, -0.05) is 38.1 Å². The first-order chi connectivity index (χ1) is 13.5. The summed E-state index contributed by atoms with van der Waals surface area (Å²) in [6, 6.07) is 14.1. The Morgan fingerprint density at radius 3 is 2.50 bits per heavy atom. The molecule has 146 valence electrons. The largest absolute Gasteiger partial charge is 0.387 e. The second-order valence-corrected chi connectivity index (χ2v) is 7.58. The highest BCUT2D eigenvalue weighted by Gasteiger charge is 2.21. The van der Waals surface area contributed by atoms with E-state index in [1.807, 2.05) is 53.4 Å². The van der Waals surface area contributed by atoms with E-state index in [4.69, 9.17) is 5.73 Å². The van der Waals surface area contributed by atoms with Crippen molar-refractivity contribution in [3.8, 4) is 11.1 Å². The van der Waals surface area contributed by atoms with Crippen LogP contribution in [0.15, 0.2) is 57.9 Å². The zero-order valence-corrected chi connectivity index (χ0v) is 17.4. The van der Waals surface area contributed by atoms with Crippen molar-refractivity contribution in [2.24, 2.45) is 10.7 Å². The number of hydrogen-bond acceptors (Lipinski definition) is 4. The molecule has 0 spiro atoms. The Labute approximate surface area is 172 Å². The van der Waals surface area contributed by atoms with Gasteiger partial charge in [-0.25, -0.2) is 4.99 Å². The van der Waals surface area contributed by atoms with E-state index in [0.717, 1.165) is 53.2 Å². The molecule has 0 bridgehead atoms. The molecule has 0 radical (unpaired) electrons. The van der Waals surface area contributed by atoms with Gasteiger partial charge in [-0.05, 0) is 48.2 Å². The van der Waals surface area contributed by atoms with E-state index in [1.54, 1.807) is 0 Å². The molecule has 0 saturated heterocycles. The van der Waals surface area contributed by atoms with Crippen LogP contribution in [0.25, 0.3) is 17.2 Å². The molecule has 1 amide bonds. The lowest BCUT2D eigenvalue weighted by atomic mass is 10.0. The molecule has 0 aliphatic carbocycles. The van der Waals surface area contributed by atoms with Crippen molar-refractivity contribution in [1.82, 2.24) is 4.90 Å². The summed E-state index contributed by atoms with van der Waals surface area (Å²) in [6.07, 6.45) is 4.19. The van der Waals surface area contributed by atoms with Gasteiger partial charge in [-0.2, -0.15) is 0 Å². The van der Waals surface area contributed by atoms with Crippen LogP contribution in [0.3, 0.4) is 0 Å². The molecule has 28 heavy (non-hydrogen) atoms. The van der Waals surface area contributed by atoms with Crippen LogP contribution in [0.4, 0.5) is 5.69 Å². The molecule has 2 aromatic rings. The Hall–Kier alpha value is -2.53. The van der Waals surface area contributed by atoms with Gasteiger partial charge >= 0.3 is 0 Å². The second kappa shape index (κ2) is 9.11. The Morgan fingerprint density at radius 2 is 1.82 bits per heavy atom. The van der Waals surface area contributed by atoms with Crippen molar-refractivity contribution in [3.05, 3.63) is 53.6 Å². The SMILES string of the molecule is CCCN(CCC)C(=O)C1=Cc2ccc(-c3cccc(S)c3)cc2N=C(N)C1. The number of amides is 1. The number of hydrogen-bond donors (Lipinski definition) is 2. The topological polar surface area (TPSA) is 58.7 Å². The lowest BCUT2D eigenvalue weighted by Gasteiger charge is -2.22. The Morgan fingerprint density at radius 1 is 1.11 bits per heavy atom. The number of amidine groups is 1. The van der Waals surface area contributed by atoms with E-state index in [0.29, 0.717) is 17.8 Å². The molecule has 3 rings (SSSR count). The van der Waals surface area contributed by atoms with Crippen LogP contribution in [0.1, 0.15) is 38.7 Å². The summed E-state index contributed by atoms with van der Waals surface area (Å²) in [5.74, 6) is 0.521. The fourth-order valence-electron chi connectivity index (χ4n) is 3.45. The van der Waals surface area contributed by atoms with Gasteiger partial charge in [0.05, 0.1) is 5.69 Å². The third-order valence-corrected chi connectivity index (χ3v) is 5.00. The highest BCUT2D eigenvalue weighted by atomic mass is 32.1. The van der Waals surface area contributed by atoms with Crippen molar-refractivity contribution < 1.29 is 4.79 Å². The maximum atomic E-state index is 13.1. The fourth-order valence-corrected chi connectivity index (χ4v) is 3.68. The average molecular weight is 394 g/mol. The van der Waals surface area contributed by atoms with Gasteiger partial charge in [0.1, 0.15) is 5.84 Å². The summed E-state index contributed by atoms with van der Waals surface area (Å²) in [5, 5.41) is 0. The quantitative estimate of drug-likeness (QED) is 0.674. The Kier molecular flexibility index (Phi) is 6.57. The number of aliphatic imine (C=N–C) groups is 1. The minimum absolute atomic E-state index is 0.0570. The van der Waals surface area contributed by atoms with Crippen LogP contribution < -0.4 is 5.73 Å². The Bertz CT molecular complexity index is 927. The molecule has 1 heterocycles. The van der Waals surface area contributed by atoms with Crippen LogP contribution >= 0.6 is 12.6 Å². The molecule has 2 aromatic carbocycles. The minimum atomic E-state index is 0.0570. The Balaban J connectivity index is 1.97. The zero-order chi connectivity index (χ0) is 20.1. The smallest absolute Gasteiger partial charge is 0.250 e. The minimum Gasteiger partial charge on any atom is -0.387 e. The highest BCUT2D eigenvalue weighted by Crippen LogP contribution is 2.32. The molecule has 0 aromatic heterocycles. The number of fused-ring (bicyclic) bond motifs is 1. The van der Waals surface area contributed by atoms with Crippen molar-refractivity contribution in [2.45, 2.75) is 38.0 Å². The molecule has 0 unspecified atom stereocenters. The van der Waals surface area contributed by atoms with Gasteiger partial charge < -0.3 is 10.6 Å². The predicted octanol–water partition coefficient (Wildman–Crippen LogP) is 5.07. The van der Waals surface area contributed by atoms with E-state index in [1.165, 1.54) is 0 Å². The van der Waals surface area contributed by atoms with E-state index in [-0.39, 0.29) is 5.91 Å². The van der Waals surface area contributed by atoms with Gasteiger partial charge in [-0.3, -0.25) is 4.79 Å². The van der Waals surface area contributed by atoms with Crippen molar-refractivity contribution in [3.63, 3.8) is 0 Å². The van der Waals surface area contributed by atoms with Crippen LogP contribution in [-0.2, 0) is 4.79 Å². The van der Waals surface area contributed by atoms with Gasteiger partial charge in [0, 0.05) is 35.5 Å². The number of nitrogens with zero attached hydrogens (tertiary/aromatic N) is 2. The van der Waals surface area contributed by atoms with Crippen molar-refractivity contribution in [2.75, 3.05) is 13.1 Å². The monoisotopic (exact) mass is 393 g/mol. The number of thiol groups is 1. The zero-order valence-electron chi connectivity index (χ0n) is 16.5. The normalized spacial score (nSPS) is 13.2. The first-order valence-corrected chi connectivity index (χ1v) is 10.2. The second-order valence-electron chi connectivity index (χ2n) is 7.07. The van der Waals surface area contributed by atoms with Crippen LogP contribution in [0.2, 0.25) is 0 Å². The molecule has 2 N–H and O–H groups in total. The standard InChI is InChI=1S/C23H27N3OS/c1-3-10-26(11-4-2)23(27)19-12-18-9-8-17(14-21(18)25-22(24)15-19)16-6-5-7-20(28)13-16/h5-9,12-14,28H,3-4,10-11,15H2,1-2H3,(H2,24,25). The summed E-state index contributed by atoms with van der Waals surface area (Å²) in [5.41, 5.74) is 10.7. The van der Waals surface area contributed by atoms with Gasteiger partial charge in [0.15, 0.2) is 0 Å². The number of benzene rings is 2. The number of nitrogens with two attached hydrogens (primary N) is 1. The molecular weight excluding hydrogens is 366 g/mol. The average Bonchev–Trinajstić information content (AvgIpc) is 2.84. The summed E-state index contributed by atoms with van der Waals surface area (Å²) < 4.78 is 0. The fraction of sp³-hybridized carbons (Fsp3) is 0.304. The number of carbonyl (C=O) groups excluding carboxylic acids is 1. The molecule has 0 atom stereocenters. The molecule has 5 heteroatoms. The lowest BCUT2D eigenvalue weighted by Crippen LogP contribution is -2.34. The lowest BCUT2D eigenvalue weighted by molar-refractivity contribution is -0.127. The summed E-state index contributed by atoms with van der Waals surface area (Å²) in [4.78, 5) is 20.5. The molecule has 0 fully saturated rings. The molecule has 1 aliphatic rings. The van der Waals surface area contributed by atoms with Crippen molar-refractivity contribution in [1.29, 1.82) is 0 Å². The summed E-state index contributed by atoms with van der Waals surface area (Å²) >= 11 is 4.42. The van der Waals surface area contributed by atoms with Gasteiger partial charge in [0.2, 0.25) is 5.91 Å². The maximum absolute atomic E-state index is 13.1. The summed E-state index contributed by atoms with van der Waals surface area (Å²) in [6.45, 7) is 5.69.